The molecule has 7 heteroatoms. The van der Waals surface area contributed by atoms with Gasteiger partial charge in [0.05, 0.1) is 0 Å². The third kappa shape index (κ3) is 4.52. The van der Waals surface area contributed by atoms with E-state index in [1.54, 1.807) is 47.3 Å². The summed E-state index contributed by atoms with van der Waals surface area (Å²) >= 11 is 5.02. The van der Waals surface area contributed by atoms with Crippen molar-refractivity contribution in [2.75, 3.05) is 0 Å². The summed E-state index contributed by atoms with van der Waals surface area (Å²) in [7, 11) is 0. The summed E-state index contributed by atoms with van der Waals surface area (Å²) in [6.45, 7) is 0. The summed E-state index contributed by atoms with van der Waals surface area (Å²) < 4.78 is 1.99. The molecule has 0 amide bonds. The number of pyridine rings is 2. The van der Waals surface area contributed by atoms with Gasteiger partial charge >= 0.3 is 0 Å². The third-order valence-corrected chi connectivity index (χ3v) is 5.89. The van der Waals surface area contributed by atoms with Crippen LogP contribution in [0, 0.1) is 0 Å². The molecule has 0 aromatic carbocycles. The van der Waals surface area contributed by atoms with E-state index >= 15 is 0 Å². The Morgan fingerprint density at radius 1 is 0.810 bits per heavy atom. The lowest BCUT2D eigenvalue weighted by Crippen LogP contribution is -1.81. The van der Waals surface area contributed by atoms with Gasteiger partial charge in [-0.1, -0.05) is 47.0 Å². The maximum Gasteiger partial charge on any atom is 0.175 e. The summed E-state index contributed by atoms with van der Waals surface area (Å²) in [6.07, 6.45) is 7.33. The predicted octanol–water partition coefficient (Wildman–Crippen LogP) is 3.91. The molecule has 106 valence electrons. The summed E-state index contributed by atoms with van der Waals surface area (Å²) in [5.41, 5.74) is 2.39. The van der Waals surface area contributed by atoms with Gasteiger partial charge in [-0.2, -0.15) is 0 Å². The van der Waals surface area contributed by atoms with Gasteiger partial charge in [-0.25, -0.2) is 0 Å². The second-order valence-electron chi connectivity index (χ2n) is 4.13. The van der Waals surface area contributed by atoms with Crippen molar-refractivity contribution in [1.29, 1.82) is 0 Å². The summed E-state index contributed by atoms with van der Waals surface area (Å²) in [5.74, 6) is 1.74. The van der Waals surface area contributed by atoms with Crippen LogP contribution >= 0.6 is 34.9 Å². The molecule has 0 unspecified atom stereocenters. The molecular weight excluding hydrogens is 320 g/mol. The summed E-state index contributed by atoms with van der Waals surface area (Å²) in [4.78, 5) is 8.22. The molecular formula is C14H12N4S3. The molecule has 0 saturated carbocycles. The highest BCUT2D eigenvalue weighted by molar-refractivity contribution is 8.02. The van der Waals surface area contributed by atoms with E-state index < -0.39 is 0 Å². The fourth-order valence-electron chi connectivity index (χ4n) is 1.57. The molecule has 0 spiro atoms. The van der Waals surface area contributed by atoms with Gasteiger partial charge in [0.25, 0.3) is 0 Å². The van der Waals surface area contributed by atoms with Crippen LogP contribution in [0.3, 0.4) is 0 Å². The maximum atomic E-state index is 4.22. The first-order valence-corrected chi connectivity index (χ1v) is 9.06. The molecule has 4 nitrogen and oxygen atoms in total. The maximum absolute atomic E-state index is 4.22. The lowest BCUT2D eigenvalue weighted by atomic mass is 10.3. The lowest BCUT2D eigenvalue weighted by Gasteiger charge is -1.97. The van der Waals surface area contributed by atoms with Crippen LogP contribution in [0.2, 0.25) is 0 Å². The third-order valence-electron chi connectivity index (χ3n) is 2.56. The number of nitrogens with zero attached hydrogens (tertiary/aromatic N) is 4. The molecule has 0 aliphatic rings. The van der Waals surface area contributed by atoms with Crippen molar-refractivity contribution in [1.82, 2.24) is 20.2 Å². The average molecular weight is 332 g/mol. The highest BCUT2D eigenvalue weighted by atomic mass is 32.2. The van der Waals surface area contributed by atoms with Crippen LogP contribution in [-0.2, 0) is 11.5 Å². The molecule has 0 saturated heterocycles. The quantitative estimate of drug-likeness (QED) is 0.638. The fourth-order valence-corrected chi connectivity index (χ4v) is 4.46. The van der Waals surface area contributed by atoms with E-state index in [1.807, 2.05) is 24.5 Å². The Bertz CT molecular complexity index is 615. The van der Waals surface area contributed by atoms with Gasteiger partial charge in [0.15, 0.2) is 8.68 Å². The van der Waals surface area contributed by atoms with Crippen LogP contribution < -0.4 is 0 Å². The first-order valence-electron chi connectivity index (χ1n) is 6.27. The standard InChI is InChI=1S/C14H12N4S3/c1-3-11(7-15-5-1)9-19-13-17-18-14(21-13)20-10-12-4-2-6-16-8-12/h1-8H,9-10H2. The molecule has 0 fully saturated rings. The van der Waals surface area contributed by atoms with Gasteiger partial charge in [-0.3, -0.25) is 9.97 Å². The Labute approximate surface area is 135 Å². The molecule has 3 rings (SSSR count). The van der Waals surface area contributed by atoms with Crippen molar-refractivity contribution in [3.63, 3.8) is 0 Å². The van der Waals surface area contributed by atoms with E-state index in [9.17, 15) is 0 Å². The van der Waals surface area contributed by atoms with E-state index in [1.165, 1.54) is 11.1 Å². The molecule has 3 aromatic rings. The van der Waals surface area contributed by atoms with Crippen LogP contribution in [-0.4, -0.2) is 20.2 Å². The highest BCUT2D eigenvalue weighted by Crippen LogP contribution is 2.31. The number of rotatable bonds is 6. The molecule has 0 aliphatic heterocycles. The summed E-state index contributed by atoms with van der Waals surface area (Å²) in [5, 5.41) is 8.44. The minimum atomic E-state index is 0.871. The van der Waals surface area contributed by atoms with Crippen LogP contribution in [0.1, 0.15) is 11.1 Å². The monoisotopic (exact) mass is 332 g/mol. The minimum absolute atomic E-state index is 0.871. The second kappa shape index (κ2) is 7.53. The van der Waals surface area contributed by atoms with Gasteiger partial charge in [0.1, 0.15) is 0 Å². The Morgan fingerprint density at radius 2 is 1.33 bits per heavy atom. The van der Waals surface area contributed by atoms with Crippen LogP contribution in [0.15, 0.2) is 57.7 Å². The molecule has 0 atom stereocenters. The van der Waals surface area contributed by atoms with Crippen molar-refractivity contribution < 1.29 is 0 Å². The van der Waals surface area contributed by atoms with Gasteiger partial charge in [-0.15, -0.1) is 10.2 Å². The Balaban J connectivity index is 1.52. The molecule has 21 heavy (non-hydrogen) atoms. The first kappa shape index (κ1) is 14.5. The van der Waals surface area contributed by atoms with Crippen LogP contribution in [0.4, 0.5) is 0 Å². The Morgan fingerprint density at radius 3 is 1.76 bits per heavy atom. The molecule has 0 N–H and O–H groups in total. The zero-order chi connectivity index (χ0) is 14.3. The predicted molar refractivity (Wildman–Crippen MR) is 87.5 cm³/mol. The SMILES string of the molecule is c1cncc(CSc2nnc(SCc3cccnc3)s2)c1. The van der Waals surface area contributed by atoms with E-state index in [4.69, 9.17) is 0 Å². The van der Waals surface area contributed by atoms with Gasteiger partial charge in [0.2, 0.25) is 0 Å². The summed E-state index contributed by atoms with van der Waals surface area (Å²) in [6, 6.07) is 8.04. The zero-order valence-electron chi connectivity index (χ0n) is 11.0. The van der Waals surface area contributed by atoms with Crippen molar-refractivity contribution in [2.45, 2.75) is 20.2 Å². The fraction of sp³-hybridized carbons (Fsp3) is 0.143. The van der Waals surface area contributed by atoms with Crippen molar-refractivity contribution >= 4 is 34.9 Å². The van der Waals surface area contributed by atoms with Gasteiger partial charge < -0.3 is 0 Å². The molecule has 3 aromatic heterocycles. The number of hydrogen-bond acceptors (Lipinski definition) is 7. The molecule has 0 radical (unpaired) electrons. The van der Waals surface area contributed by atoms with E-state index in [2.05, 4.69) is 32.3 Å². The lowest BCUT2D eigenvalue weighted by molar-refractivity contribution is 0.954. The van der Waals surface area contributed by atoms with Crippen LogP contribution in [0.5, 0.6) is 0 Å². The van der Waals surface area contributed by atoms with Crippen LogP contribution in [0.25, 0.3) is 0 Å². The largest absolute Gasteiger partial charge is 0.264 e. The van der Waals surface area contributed by atoms with Crippen molar-refractivity contribution in [2.24, 2.45) is 0 Å². The van der Waals surface area contributed by atoms with E-state index in [-0.39, 0.29) is 0 Å². The smallest absolute Gasteiger partial charge is 0.175 e. The first-order chi connectivity index (χ1) is 10.4. The average Bonchev–Trinajstić information content (AvgIpc) is 3.01. The van der Waals surface area contributed by atoms with Crippen molar-refractivity contribution in [3.05, 3.63) is 60.2 Å². The highest BCUT2D eigenvalue weighted by Gasteiger charge is 2.06. The van der Waals surface area contributed by atoms with Gasteiger partial charge in [-0.05, 0) is 23.3 Å². The Hall–Kier alpha value is -1.44. The zero-order valence-corrected chi connectivity index (χ0v) is 13.5. The Kier molecular flexibility index (Phi) is 5.20. The number of hydrogen-bond donors (Lipinski definition) is 0. The minimum Gasteiger partial charge on any atom is -0.264 e. The van der Waals surface area contributed by atoms with E-state index in [0.29, 0.717) is 0 Å². The molecule has 3 heterocycles. The molecule has 0 aliphatic carbocycles. The number of thioether (sulfide) groups is 2. The molecule has 0 bridgehead atoms. The van der Waals surface area contributed by atoms with Gasteiger partial charge in [0, 0.05) is 36.3 Å². The van der Waals surface area contributed by atoms with E-state index in [0.717, 1.165) is 20.2 Å². The van der Waals surface area contributed by atoms with Crippen molar-refractivity contribution in [3.8, 4) is 0 Å². The normalized spacial score (nSPS) is 10.7. The second-order valence-corrected chi connectivity index (χ2v) is 7.56. The topological polar surface area (TPSA) is 51.6 Å². The number of aromatic nitrogens is 4.